The number of amides is 1. The highest BCUT2D eigenvalue weighted by molar-refractivity contribution is 5.89. The van der Waals surface area contributed by atoms with E-state index in [0.717, 1.165) is 18.4 Å². The van der Waals surface area contributed by atoms with Gasteiger partial charge in [-0.05, 0) is 18.4 Å². The fraction of sp³-hybridized carbons (Fsp3) is 0.467. The first-order valence-electron chi connectivity index (χ1n) is 6.58. The van der Waals surface area contributed by atoms with Gasteiger partial charge in [-0.2, -0.15) is 0 Å². The summed E-state index contributed by atoms with van der Waals surface area (Å²) in [5, 5.41) is 0. The molecule has 0 bridgehead atoms. The molecule has 0 spiro atoms. The highest BCUT2D eigenvalue weighted by atomic mass is 16.2. The summed E-state index contributed by atoms with van der Waals surface area (Å²) < 4.78 is 0. The zero-order valence-corrected chi connectivity index (χ0v) is 10.8. The fourth-order valence-corrected chi connectivity index (χ4v) is 2.47. The maximum absolute atomic E-state index is 12.0. The molecular formula is C15H19NO2. The molecule has 0 aromatic heterocycles. The second kappa shape index (κ2) is 5.80. The highest BCUT2D eigenvalue weighted by Crippen LogP contribution is 2.22. The zero-order valence-electron chi connectivity index (χ0n) is 10.8. The summed E-state index contributed by atoms with van der Waals surface area (Å²) in [5.74, 6) is 0.288. The molecule has 3 nitrogen and oxygen atoms in total. The van der Waals surface area contributed by atoms with E-state index in [-0.39, 0.29) is 17.7 Å². The monoisotopic (exact) mass is 245 g/mol. The van der Waals surface area contributed by atoms with Crippen molar-refractivity contribution >= 4 is 11.7 Å². The van der Waals surface area contributed by atoms with E-state index in [1.165, 1.54) is 0 Å². The fourth-order valence-electron chi connectivity index (χ4n) is 2.47. The molecule has 0 N–H and O–H groups in total. The Kier molecular flexibility index (Phi) is 4.13. The first-order chi connectivity index (χ1) is 8.72. The minimum Gasteiger partial charge on any atom is -0.328 e. The Balaban J connectivity index is 2.15. The number of nitrogens with zero attached hydrogens (tertiary/aromatic N) is 1. The summed E-state index contributed by atoms with van der Waals surface area (Å²) in [4.78, 5) is 25.7. The Morgan fingerprint density at radius 1 is 1.33 bits per heavy atom. The average molecular weight is 245 g/mol. The zero-order chi connectivity index (χ0) is 13.0. The van der Waals surface area contributed by atoms with Crippen molar-refractivity contribution in [2.45, 2.75) is 45.2 Å². The number of likely N-dealkylation sites (tertiary alicyclic amines) is 1. The SMILES string of the molecule is CCC(=O)[C@@H]1CCCC(=O)N1Cc1ccccc1. The molecular weight excluding hydrogens is 226 g/mol. The Morgan fingerprint density at radius 3 is 2.72 bits per heavy atom. The van der Waals surface area contributed by atoms with E-state index in [9.17, 15) is 9.59 Å². The van der Waals surface area contributed by atoms with Crippen LogP contribution in [0.4, 0.5) is 0 Å². The molecule has 0 saturated carbocycles. The van der Waals surface area contributed by atoms with Crippen LogP contribution in [0.25, 0.3) is 0 Å². The van der Waals surface area contributed by atoms with Crippen molar-refractivity contribution in [2.75, 3.05) is 0 Å². The van der Waals surface area contributed by atoms with E-state index in [1.54, 1.807) is 4.90 Å². The summed E-state index contributed by atoms with van der Waals surface area (Å²) in [7, 11) is 0. The lowest BCUT2D eigenvalue weighted by atomic mass is 9.96. The smallest absolute Gasteiger partial charge is 0.223 e. The maximum Gasteiger partial charge on any atom is 0.223 e. The lowest BCUT2D eigenvalue weighted by Gasteiger charge is -2.34. The van der Waals surface area contributed by atoms with E-state index < -0.39 is 0 Å². The molecule has 1 aliphatic heterocycles. The van der Waals surface area contributed by atoms with Gasteiger partial charge in [0.25, 0.3) is 0 Å². The van der Waals surface area contributed by atoms with Crippen LogP contribution in [0, 0.1) is 0 Å². The van der Waals surface area contributed by atoms with Gasteiger partial charge in [-0.3, -0.25) is 9.59 Å². The number of Topliss-reactive ketones (excluding diaryl/α,β-unsaturated/α-hetero) is 1. The molecule has 1 atom stereocenters. The van der Waals surface area contributed by atoms with Gasteiger partial charge in [0.15, 0.2) is 5.78 Å². The number of carbonyl (C=O) groups excluding carboxylic acids is 2. The van der Waals surface area contributed by atoms with Gasteiger partial charge >= 0.3 is 0 Å². The van der Waals surface area contributed by atoms with E-state index >= 15 is 0 Å². The second-order valence-corrected chi connectivity index (χ2v) is 4.74. The number of piperidine rings is 1. The topological polar surface area (TPSA) is 37.4 Å². The molecule has 18 heavy (non-hydrogen) atoms. The average Bonchev–Trinajstić information content (AvgIpc) is 2.41. The van der Waals surface area contributed by atoms with E-state index in [0.29, 0.717) is 19.4 Å². The van der Waals surface area contributed by atoms with Gasteiger partial charge in [0.1, 0.15) is 0 Å². The van der Waals surface area contributed by atoms with Crippen LogP contribution in [0.2, 0.25) is 0 Å². The van der Waals surface area contributed by atoms with Crippen molar-refractivity contribution < 1.29 is 9.59 Å². The molecule has 0 radical (unpaired) electrons. The minimum absolute atomic E-state index is 0.108. The molecule has 2 rings (SSSR count). The predicted octanol–water partition coefficient (Wildman–Crippen LogP) is 2.55. The van der Waals surface area contributed by atoms with Crippen LogP contribution in [0.15, 0.2) is 30.3 Å². The van der Waals surface area contributed by atoms with E-state index in [1.807, 2.05) is 37.3 Å². The summed E-state index contributed by atoms with van der Waals surface area (Å²) in [6.45, 7) is 2.41. The van der Waals surface area contributed by atoms with Gasteiger partial charge < -0.3 is 4.90 Å². The highest BCUT2D eigenvalue weighted by Gasteiger charge is 2.31. The summed E-state index contributed by atoms with van der Waals surface area (Å²) in [6.07, 6.45) is 2.72. The van der Waals surface area contributed by atoms with E-state index in [4.69, 9.17) is 0 Å². The molecule has 1 saturated heterocycles. The van der Waals surface area contributed by atoms with Crippen LogP contribution in [0.1, 0.15) is 38.2 Å². The normalized spacial score (nSPS) is 19.9. The van der Waals surface area contributed by atoms with Crippen LogP contribution in [-0.4, -0.2) is 22.6 Å². The summed E-state index contributed by atoms with van der Waals surface area (Å²) in [5.41, 5.74) is 1.08. The molecule has 0 unspecified atom stereocenters. The Labute approximate surface area is 108 Å². The van der Waals surface area contributed by atoms with Crippen LogP contribution in [0.5, 0.6) is 0 Å². The van der Waals surface area contributed by atoms with Crippen molar-refractivity contribution in [1.82, 2.24) is 4.90 Å². The Hall–Kier alpha value is -1.64. The minimum atomic E-state index is -0.212. The molecule has 0 aliphatic carbocycles. The van der Waals surface area contributed by atoms with Gasteiger partial charge in [-0.25, -0.2) is 0 Å². The quantitative estimate of drug-likeness (QED) is 0.817. The molecule has 96 valence electrons. The van der Waals surface area contributed by atoms with Crippen molar-refractivity contribution in [3.8, 4) is 0 Å². The number of carbonyl (C=O) groups is 2. The third-order valence-corrected chi connectivity index (χ3v) is 3.48. The molecule has 3 heteroatoms. The molecule has 1 amide bonds. The molecule has 1 aromatic rings. The lowest BCUT2D eigenvalue weighted by molar-refractivity contribution is -0.143. The number of hydrogen-bond acceptors (Lipinski definition) is 2. The summed E-state index contributed by atoms with van der Waals surface area (Å²) >= 11 is 0. The van der Waals surface area contributed by atoms with Gasteiger partial charge in [0.05, 0.1) is 6.04 Å². The van der Waals surface area contributed by atoms with Gasteiger partial charge in [0.2, 0.25) is 5.91 Å². The van der Waals surface area contributed by atoms with Crippen molar-refractivity contribution in [1.29, 1.82) is 0 Å². The Morgan fingerprint density at radius 2 is 2.06 bits per heavy atom. The van der Waals surface area contributed by atoms with E-state index in [2.05, 4.69) is 0 Å². The van der Waals surface area contributed by atoms with Gasteiger partial charge in [-0.15, -0.1) is 0 Å². The first-order valence-corrected chi connectivity index (χ1v) is 6.58. The Bertz CT molecular complexity index is 427. The second-order valence-electron chi connectivity index (χ2n) is 4.74. The number of benzene rings is 1. The van der Waals surface area contributed by atoms with Crippen LogP contribution >= 0.6 is 0 Å². The molecule has 1 aromatic carbocycles. The third kappa shape index (κ3) is 2.78. The number of rotatable bonds is 4. The predicted molar refractivity (Wildman–Crippen MR) is 69.9 cm³/mol. The molecule has 1 aliphatic rings. The van der Waals surface area contributed by atoms with Crippen LogP contribution in [-0.2, 0) is 16.1 Å². The summed E-state index contributed by atoms with van der Waals surface area (Å²) in [6, 6.07) is 9.65. The molecule has 1 fully saturated rings. The largest absolute Gasteiger partial charge is 0.328 e. The van der Waals surface area contributed by atoms with Crippen molar-refractivity contribution in [3.63, 3.8) is 0 Å². The first kappa shape index (κ1) is 12.8. The van der Waals surface area contributed by atoms with Crippen molar-refractivity contribution in [2.24, 2.45) is 0 Å². The standard InChI is InChI=1S/C15H19NO2/c1-2-14(17)13-9-6-10-15(18)16(13)11-12-7-4-3-5-8-12/h3-5,7-8,13H,2,6,9-11H2,1H3/t13-/m0/s1. The van der Waals surface area contributed by atoms with Gasteiger partial charge in [0, 0.05) is 19.4 Å². The number of ketones is 1. The van der Waals surface area contributed by atoms with Gasteiger partial charge in [-0.1, -0.05) is 37.3 Å². The number of hydrogen-bond donors (Lipinski definition) is 0. The lowest BCUT2D eigenvalue weighted by Crippen LogP contribution is -2.47. The third-order valence-electron chi connectivity index (χ3n) is 3.48. The van der Waals surface area contributed by atoms with Crippen LogP contribution in [0.3, 0.4) is 0 Å². The maximum atomic E-state index is 12.0. The van der Waals surface area contributed by atoms with Crippen LogP contribution < -0.4 is 0 Å². The molecule has 1 heterocycles. The van der Waals surface area contributed by atoms with Crippen molar-refractivity contribution in [3.05, 3.63) is 35.9 Å².